The van der Waals surface area contributed by atoms with Gasteiger partial charge in [0.1, 0.15) is 29.2 Å². The number of hydrogen-bond donors (Lipinski definition) is 0. The van der Waals surface area contributed by atoms with E-state index < -0.39 is 40.8 Å². The molecule has 11 atom stereocenters. The van der Waals surface area contributed by atoms with E-state index in [0.717, 1.165) is 32.1 Å². The van der Waals surface area contributed by atoms with Crippen molar-refractivity contribution in [3.63, 3.8) is 0 Å². The molecule has 0 amide bonds. The van der Waals surface area contributed by atoms with Crippen molar-refractivity contribution in [2.24, 2.45) is 39.4 Å². The Kier molecular flexibility index (Phi) is 7.83. The van der Waals surface area contributed by atoms with Crippen LogP contribution in [0.2, 0.25) is 0 Å². The molecule has 0 aromatic carbocycles. The molecule has 8 heteroatoms. The number of hydrogen-bond acceptors (Lipinski definition) is 8. The van der Waals surface area contributed by atoms with E-state index in [1.165, 1.54) is 20.8 Å². The zero-order valence-corrected chi connectivity index (χ0v) is 28.6. The molecule has 5 aliphatic rings. The number of rotatable bonds is 8. The average Bonchev–Trinajstić information content (AvgIpc) is 3.47. The van der Waals surface area contributed by atoms with Crippen molar-refractivity contribution in [2.45, 2.75) is 150 Å². The van der Waals surface area contributed by atoms with E-state index >= 15 is 0 Å². The van der Waals surface area contributed by atoms with Gasteiger partial charge in [-0.25, -0.2) is 0 Å². The van der Waals surface area contributed by atoms with Crippen LogP contribution in [0, 0.1) is 39.4 Å². The SMILES string of the molecule is C=C(C)[C@H](OC(C)=O)[C@H](C[C@@H](C)C12CC[C@@]3(C)C1(C[C@H](OC(C)=O)[C@H]1[C@@]4(C)CCC(=O)C(C)(C)[C@@H]4CC[C@@]13C)O2)OC(C)=O. The van der Waals surface area contributed by atoms with Crippen molar-refractivity contribution in [3.05, 3.63) is 12.2 Å². The number of Topliss-reactive ketones (excluding diaryl/α,β-unsaturated/α-hetero) is 1. The lowest BCUT2D eigenvalue weighted by Crippen LogP contribution is -2.69. The standard InChI is InChI=1S/C36H54O8/c1-20(2)29(43-24(6)39)25(41-22(4)37)18-21(3)35-17-16-34(11)33(10)15-12-27-31(7,8)28(40)13-14-32(27,9)30(33)26(42-23(5)38)19-36(34,35)44-35/h21,25-27,29-30H,1,12-19H2,2-11H3/t21-,25+,26+,27+,29+,30+,32+,33+,34-,35?,36?/m1/s1. The van der Waals surface area contributed by atoms with Gasteiger partial charge in [-0.3, -0.25) is 19.2 Å². The maximum Gasteiger partial charge on any atom is 0.303 e. The van der Waals surface area contributed by atoms with Gasteiger partial charge in [-0.05, 0) is 73.7 Å². The molecule has 246 valence electrons. The molecule has 4 aliphatic carbocycles. The summed E-state index contributed by atoms with van der Waals surface area (Å²) in [7, 11) is 0. The molecule has 4 saturated carbocycles. The van der Waals surface area contributed by atoms with Crippen LogP contribution in [0.3, 0.4) is 0 Å². The number of epoxide rings is 1. The predicted octanol–water partition coefficient (Wildman–Crippen LogP) is 6.52. The number of ether oxygens (including phenoxy) is 4. The molecule has 8 nitrogen and oxygen atoms in total. The first-order valence-electron chi connectivity index (χ1n) is 16.6. The maximum atomic E-state index is 13.2. The molecular weight excluding hydrogens is 560 g/mol. The highest BCUT2D eigenvalue weighted by atomic mass is 16.6. The van der Waals surface area contributed by atoms with E-state index in [4.69, 9.17) is 18.9 Å². The lowest BCUT2D eigenvalue weighted by atomic mass is 9.34. The highest BCUT2D eigenvalue weighted by Crippen LogP contribution is 2.84. The van der Waals surface area contributed by atoms with Crippen LogP contribution in [0.25, 0.3) is 0 Å². The average molecular weight is 615 g/mol. The summed E-state index contributed by atoms with van der Waals surface area (Å²) in [5, 5.41) is 0. The number of carbonyl (C=O) groups excluding carboxylic acids is 4. The normalized spacial score (nSPS) is 43.6. The topological polar surface area (TPSA) is 108 Å². The Morgan fingerprint density at radius 2 is 1.57 bits per heavy atom. The summed E-state index contributed by atoms with van der Waals surface area (Å²) in [4.78, 5) is 50.0. The summed E-state index contributed by atoms with van der Waals surface area (Å²) in [6.45, 7) is 23.5. The van der Waals surface area contributed by atoms with Crippen LogP contribution in [0.1, 0.15) is 121 Å². The van der Waals surface area contributed by atoms with Crippen molar-refractivity contribution in [3.8, 4) is 0 Å². The lowest BCUT2D eigenvalue weighted by molar-refractivity contribution is -0.248. The van der Waals surface area contributed by atoms with Crippen molar-refractivity contribution in [1.29, 1.82) is 0 Å². The maximum absolute atomic E-state index is 13.2. The molecule has 0 radical (unpaired) electrons. The van der Waals surface area contributed by atoms with Gasteiger partial charge in [0.05, 0.1) is 0 Å². The van der Waals surface area contributed by atoms with Gasteiger partial charge in [-0.15, -0.1) is 0 Å². The molecule has 0 bridgehead atoms. The van der Waals surface area contributed by atoms with Crippen LogP contribution in [0.15, 0.2) is 12.2 Å². The Morgan fingerprint density at radius 3 is 2.14 bits per heavy atom. The van der Waals surface area contributed by atoms with E-state index in [0.29, 0.717) is 30.6 Å². The third kappa shape index (κ3) is 4.39. The Hall–Kier alpha value is -2.22. The number of ketones is 1. The van der Waals surface area contributed by atoms with E-state index in [2.05, 4.69) is 48.1 Å². The summed E-state index contributed by atoms with van der Waals surface area (Å²) in [5.74, 6) is -0.561. The minimum absolute atomic E-state index is 0.0395. The minimum atomic E-state index is -0.757. The molecule has 5 rings (SSSR count). The molecule has 5 fully saturated rings. The molecule has 44 heavy (non-hydrogen) atoms. The smallest absolute Gasteiger partial charge is 0.303 e. The number of carbonyl (C=O) groups is 4. The van der Waals surface area contributed by atoms with Crippen molar-refractivity contribution in [2.75, 3.05) is 0 Å². The fourth-order valence-corrected chi connectivity index (χ4v) is 11.8. The largest absolute Gasteiger partial charge is 0.462 e. The molecule has 1 spiro atoms. The first-order valence-corrected chi connectivity index (χ1v) is 16.6. The number of esters is 3. The van der Waals surface area contributed by atoms with Gasteiger partial charge in [-0.2, -0.15) is 0 Å². The van der Waals surface area contributed by atoms with Gasteiger partial charge >= 0.3 is 17.9 Å². The lowest BCUT2D eigenvalue weighted by Gasteiger charge is -2.69. The molecule has 0 aromatic heterocycles. The second-order valence-electron chi connectivity index (χ2n) is 16.3. The summed E-state index contributed by atoms with van der Waals surface area (Å²) in [5.41, 5.74) is -1.31. The second kappa shape index (κ2) is 10.4. The third-order valence-corrected chi connectivity index (χ3v) is 13.8. The highest BCUT2D eigenvalue weighted by molar-refractivity contribution is 5.85. The zero-order chi connectivity index (χ0) is 32.8. The quantitative estimate of drug-likeness (QED) is 0.132. The van der Waals surface area contributed by atoms with E-state index in [1.807, 2.05) is 0 Å². The number of fused-ring (bicyclic) bond motifs is 4. The van der Waals surface area contributed by atoms with Gasteiger partial charge in [0.15, 0.2) is 6.10 Å². The molecule has 1 saturated heterocycles. The van der Waals surface area contributed by atoms with Crippen LogP contribution in [0.5, 0.6) is 0 Å². The van der Waals surface area contributed by atoms with Crippen LogP contribution in [0.4, 0.5) is 0 Å². The van der Waals surface area contributed by atoms with Crippen molar-refractivity contribution in [1.82, 2.24) is 0 Å². The zero-order valence-electron chi connectivity index (χ0n) is 28.6. The fraction of sp³-hybridized carbons (Fsp3) is 0.833. The Labute approximate surface area is 263 Å². The summed E-state index contributed by atoms with van der Waals surface area (Å²) in [6.07, 6.45) is 4.36. The summed E-state index contributed by atoms with van der Waals surface area (Å²) in [6, 6.07) is 0. The Morgan fingerprint density at radius 1 is 0.932 bits per heavy atom. The van der Waals surface area contributed by atoms with E-state index in [-0.39, 0.29) is 46.1 Å². The van der Waals surface area contributed by atoms with E-state index in [1.54, 1.807) is 6.92 Å². The second-order valence-corrected chi connectivity index (χ2v) is 16.3. The first kappa shape index (κ1) is 33.2. The third-order valence-electron chi connectivity index (χ3n) is 13.8. The predicted molar refractivity (Wildman–Crippen MR) is 164 cm³/mol. The van der Waals surface area contributed by atoms with Gasteiger partial charge in [0.2, 0.25) is 0 Å². The minimum Gasteiger partial charge on any atom is -0.462 e. The van der Waals surface area contributed by atoms with Gasteiger partial charge < -0.3 is 18.9 Å². The van der Waals surface area contributed by atoms with Crippen LogP contribution in [-0.4, -0.2) is 53.2 Å². The van der Waals surface area contributed by atoms with Gasteiger partial charge in [0.25, 0.3) is 0 Å². The fourth-order valence-electron chi connectivity index (χ4n) is 11.8. The van der Waals surface area contributed by atoms with Crippen LogP contribution in [-0.2, 0) is 38.1 Å². The molecule has 0 aromatic rings. The Balaban J connectivity index is 1.53. The van der Waals surface area contributed by atoms with Crippen LogP contribution < -0.4 is 0 Å². The monoisotopic (exact) mass is 614 g/mol. The van der Waals surface area contributed by atoms with Crippen molar-refractivity contribution >= 4 is 23.7 Å². The van der Waals surface area contributed by atoms with Crippen molar-refractivity contribution < 1.29 is 38.1 Å². The molecule has 2 unspecified atom stereocenters. The highest BCUT2D eigenvalue weighted by Gasteiger charge is 2.89. The van der Waals surface area contributed by atoms with E-state index in [9.17, 15) is 19.2 Å². The molecule has 1 aliphatic heterocycles. The summed E-state index contributed by atoms with van der Waals surface area (Å²) < 4.78 is 24.8. The molecular formula is C36H54O8. The first-order chi connectivity index (χ1) is 20.2. The summed E-state index contributed by atoms with van der Waals surface area (Å²) >= 11 is 0. The molecule has 0 N–H and O–H groups in total. The van der Waals surface area contributed by atoms with Crippen LogP contribution >= 0.6 is 0 Å². The van der Waals surface area contributed by atoms with Gasteiger partial charge in [0, 0.05) is 50.4 Å². The van der Waals surface area contributed by atoms with Gasteiger partial charge in [-0.1, -0.05) is 48.1 Å². The Bertz CT molecular complexity index is 1270. The molecule has 1 heterocycles.